The second kappa shape index (κ2) is 6.51. The van der Waals surface area contributed by atoms with E-state index in [0.29, 0.717) is 11.8 Å². The Morgan fingerprint density at radius 3 is 2.26 bits per heavy atom. The highest BCUT2D eigenvalue weighted by Crippen LogP contribution is 2.15. The van der Waals surface area contributed by atoms with Crippen molar-refractivity contribution in [1.29, 1.82) is 0 Å². The molecule has 2 N–H and O–H groups in total. The zero-order valence-corrected chi connectivity index (χ0v) is 11.6. The molecule has 0 spiro atoms. The molecule has 19 heavy (non-hydrogen) atoms. The number of hydroxylamine groups is 2. The Labute approximate surface area is 113 Å². The zero-order valence-electron chi connectivity index (χ0n) is 10.8. The van der Waals surface area contributed by atoms with Crippen LogP contribution < -0.4 is 5.73 Å². The summed E-state index contributed by atoms with van der Waals surface area (Å²) in [4.78, 5) is 6.38. The van der Waals surface area contributed by atoms with Crippen molar-refractivity contribution < 1.29 is 17.0 Å². The van der Waals surface area contributed by atoms with Crippen LogP contribution in [0, 0.1) is 0 Å². The van der Waals surface area contributed by atoms with Crippen molar-refractivity contribution >= 4 is 16.4 Å². The fourth-order valence-electron chi connectivity index (χ4n) is 2.15. The molecule has 110 valence electrons. The molecule has 2 rings (SSSR count). The third-order valence-electron chi connectivity index (χ3n) is 3.14. The highest BCUT2D eigenvalue weighted by atomic mass is 32.3. The van der Waals surface area contributed by atoms with Gasteiger partial charge in [0.1, 0.15) is 0 Å². The van der Waals surface area contributed by atoms with E-state index in [0.717, 1.165) is 19.6 Å². The summed E-state index contributed by atoms with van der Waals surface area (Å²) in [6, 6.07) is 0. The predicted octanol–water partition coefficient (Wildman–Crippen LogP) is -0.00920. The first-order valence-electron chi connectivity index (χ1n) is 6.53. The average molecular weight is 292 g/mol. The van der Waals surface area contributed by atoms with Crippen LogP contribution in [0.4, 0.5) is 0 Å². The van der Waals surface area contributed by atoms with Gasteiger partial charge >= 0.3 is 10.4 Å². The van der Waals surface area contributed by atoms with Crippen molar-refractivity contribution in [2.75, 3.05) is 26.2 Å². The maximum Gasteiger partial charge on any atom is 0.446 e. The molecular weight excluding hydrogens is 272 g/mol. The molecule has 0 aliphatic carbocycles. The van der Waals surface area contributed by atoms with Gasteiger partial charge in [0.05, 0.1) is 6.54 Å². The lowest BCUT2D eigenvalue weighted by molar-refractivity contribution is -0.269. The quantitative estimate of drug-likeness (QED) is 0.577. The molecule has 0 aromatic heterocycles. The molecule has 2 aliphatic heterocycles. The number of rotatable bonds is 3. The summed E-state index contributed by atoms with van der Waals surface area (Å²) in [5, 5.41) is 0.600. The lowest BCUT2D eigenvalue weighted by Crippen LogP contribution is -2.49. The summed E-state index contributed by atoms with van der Waals surface area (Å²) in [5.74, 6) is -0.0816. The van der Waals surface area contributed by atoms with Crippen molar-refractivity contribution in [3.05, 3.63) is 0 Å². The van der Waals surface area contributed by atoms with E-state index in [2.05, 4.69) is 18.5 Å². The van der Waals surface area contributed by atoms with Gasteiger partial charge < -0.3 is 10.6 Å². The van der Waals surface area contributed by atoms with Gasteiger partial charge in [-0.3, -0.25) is 0 Å². The monoisotopic (exact) mass is 292 g/mol. The number of nitrogens with zero attached hydrogens (tertiary/aromatic N) is 3. The molecule has 0 radical (unpaired) electrons. The molecule has 0 unspecified atom stereocenters. The molecule has 2 heterocycles. The van der Waals surface area contributed by atoms with Gasteiger partial charge in [0, 0.05) is 6.54 Å². The molecule has 0 atom stereocenters. The van der Waals surface area contributed by atoms with Gasteiger partial charge in [-0.05, 0) is 25.9 Å². The second-order valence-corrected chi connectivity index (χ2v) is 5.78. The summed E-state index contributed by atoms with van der Waals surface area (Å²) in [5.41, 5.74) is 5.51. The average Bonchev–Trinajstić information content (AvgIpc) is 2.28. The topological polar surface area (TPSA) is 97.5 Å². The van der Waals surface area contributed by atoms with Gasteiger partial charge in [0.15, 0.2) is 0 Å². The van der Waals surface area contributed by atoms with Gasteiger partial charge in [0.25, 0.3) is 0 Å². The Hall–Kier alpha value is -0.900. The number of hydrogen-bond acceptors (Lipinski definition) is 6. The first-order chi connectivity index (χ1) is 9.07. The summed E-state index contributed by atoms with van der Waals surface area (Å²) in [6.45, 7) is 3.47. The maximum atomic E-state index is 10.6. The van der Waals surface area contributed by atoms with Crippen LogP contribution in [0.15, 0.2) is 4.99 Å². The molecule has 0 aromatic carbocycles. The molecule has 2 aliphatic rings. The van der Waals surface area contributed by atoms with Crippen molar-refractivity contribution in [1.82, 2.24) is 10.1 Å². The van der Waals surface area contributed by atoms with E-state index in [1.54, 1.807) is 0 Å². The normalized spacial score (nSPS) is 25.5. The van der Waals surface area contributed by atoms with Crippen LogP contribution in [0.1, 0.15) is 32.1 Å². The minimum absolute atomic E-state index is 0.0816. The number of hydrogen-bond donors (Lipinski definition) is 1. The summed E-state index contributed by atoms with van der Waals surface area (Å²) in [6.07, 6.45) is 6.34. The van der Waals surface area contributed by atoms with Crippen LogP contribution in [-0.2, 0) is 19.0 Å². The van der Waals surface area contributed by atoms with Crippen LogP contribution in [0.5, 0.6) is 0 Å². The Kier molecular flexibility index (Phi) is 4.97. The van der Waals surface area contributed by atoms with E-state index >= 15 is 0 Å². The Balaban J connectivity index is 1.69. The minimum Gasteiger partial charge on any atom is -0.366 e. The predicted molar refractivity (Wildman–Crippen MR) is 68.9 cm³/mol. The number of likely N-dealkylation sites (tertiary alicyclic amines) is 1. The summed E-state index contributed by atoms with van der Waals surface area (Å²) >= 11 is 0. The molecule has 2 saturated heterocycles. The Morgan fingerprint density at radius 1 is 1.11 bits per heavy atom. The SMILES string of the molecule is NC(=NCCN1CCCCCCC1)N1OS(=O)(=O)O1. The van der Waals surface area contributed by atoms with E-state index in [4.69, 9.17) is 5.73 Å². The van der Waals surface area contributed by atoms with Crippen molar-refractivity contribution in [3.8, 4) is 0 Å². The van der Waals surface area contributed by atoms with Crippen LogP contribution in [0.3, 0.4) is 0 Å². The van der Waals surface area contributed by atoms with Gasteiger partial charge in [0.2, 0.25) is 5.96 Å². The fourth-order valence-corrected chi connectivity index (χ4v) is 2.64. The highest BCUT2D eigenvalue weighted by molar-refractivity contribution is 7.82. The zero-order chi connectivity index (χ0) is 13.7. The third-order valence-corrected chi connectivity index (χ3v) is 3.78. The standard InChI is InChI=1S/C10H20N4O4S/c11-10(14-17-19(15,16)18-14)12-6-9-13-7-4-2-1-3-5-8-13/h1-9H2,(H2,11,12). The Morgan fingerprint density at radius 2 is 1.68 bits per heavy atom. The number of aliphatic imine (C=N–C) groups is 1. The molecule has 0 aromatic rings. The van der Waals surface area contributed by atoms with E-state index in [1.807, 2.05) is 0 Å². The first-order valence-corrected chi connectivity index (χ1v) is 7.87. The van der Waals surface area contributed by atoms with Gasteiger partial charge in [-0.2, -0.15) is 8.42 Å². The van der Waals surface area contributed by atoms with Crippen molar-refractivity contribution in [2.24, 2.45) is 10.7 Å². The molecule has 9 heteroatoms. The lowest BCUT2D eigenvalue weighted by Gasteiger charge is -2.26. The van der Waals surface area contributed by atoms with Crippen LogP contribution in [0.25, 0.3) is 0 Å². The summed E-state index contributed by atoms with van der Waals surface area (Å²) in [7, 11) is -3.88. The van der Waals surface area contributed by atoms with Crippen molar-refractivity contribution in [3.63, 3.8) is 0 Å². The molecule has 8 nitrogen and oxygen atoms in total. The van der Waals surface area contributed by atoms with Gasteiger partial charge in [-0.25, -0.2) is 4.99 Å². The lowest BCUT2D eigenvalue weighted by atomic mass is 10.1. The van der Waals surface area contributed by atoms with Crippen LogP contribution in [0.2, 0.25) is 0 Å². The number of nitrogens with two attached hydrogens (primary N) is 1. The van der Waals surface area contributed by atoms with Crippen molar-refractivity contribution in [2.45, 2.75) is 32.1 Å². The van der Waals surface area contributed by atoms with Crippen LogP contribution >= 0.6 is 0 Å². The van der Waals surface area contributed by atoms with Crippen LogP contribution in [-0.4, -0.2) is 50.7 Å². The minimum atomic E-state index is -3.88. The molecule has 0 bridgehead atoms. The van der Waals surface area contributed by atoms with E-state index in [-0.39, 0.29) is 5.96 Å². The fraction of sp³-hybridized carbons (Fsp3) is 0.900. The molecule has 2 fully saturated rings. The van der Waals surface area contributed by atoms with E-state index in [1.165, 1.54) is 32.1 Å². The highest BCUT2D eigenvalue weighted by Gasteiger charge is 2.37. The smallest absolute Gasteiger partial charge is 0.366 e. The molecule has 0 amide bonds. The summed E-state index contributed by atoms with van der Waals surface area (Å²) < 4.78 is 29.7. The first kappa shape index (κ1) is 14.5. The third kappa shape index (κ3) is 4.60. The second-order valence-electron chi connectivity index (χ2n) is 4.66. The van der Waals surface area contributed by atoms with E-state index in [9.17, 15) is 8.42 Å². The molecular formula is C10H20N4O4S. The maximum absolute atomic E-state index is 10.6. The molecule has 0 saturated carbocycles. The Bertz CT molecular complexity index is 405. The number of guanidine groups is 1. The van der Waals surface area contributed by atoms with E-state index < -0.39 is 10.4 Å². The largest absolute Gasteiger partial charge is 0.446 e. The van der Waals surface area contributed by atoms with Gasteiger partial charge in [-0.15, -0.1) is 0 Å². The van der Waals surface area contributed by atoms with Gasteiger partial charge in [-0.1, -0.05) is 33.1 Å².